The van der Waals surface area contributed by atoms with Crippen molar-refractivity contribution in [2.24, 2.45) is 17.0 Å². The first-order chi connectivity index (χ1) is 9.29. The van der Waals surface area contributed by atoms with Crippen LogP contribution in [0, 0.1) is 18.8 Å². The molecule has 1 aromatic carbocycles. The third kappa shape index (κ3) is 3.24. The van der Waals surface area contributed by atoms with Crippen molar-refractivity contribution in [2.45, 2.75) is 38.0 Å². The summed E-state index contributed by atoms with van der Waals surface area (Å²) < 4.78 is 23.1. The molecule has 1 saturated carbocycles. The summed E-state index contributed by atoms with van der Waals surface area (Å²) >= 11 is 0. The van der Waals surface area contributed by atoms with Gasteiger partial charge in [0, 0.05) is 17.9 Å². The monoisotopic (exact) mass is 297 g/mol. The van der Waals surface area contributed by atoms with Crippen LogP contribution in [0.1, 0.15) is 31.7 Å². The molecule has 0 bridgehead atoms. The smallest absolute Gasteiger partial charge is 0.238 e. The Hall–Kier alpha value is -1.27. The van der Waals surface area contributed by atoms with Gasteiger partial charge >= 0.3 is 0 Å². The lowest BCUT2D eigenvalue weighted by Gasteiger charge is -2.19. The minimum atomic E-state index is -3.75. The highest BCUT2D eigenvalue weighted by atomic mass is 32.2. The van der Waals surface area contributed by atoms with E-state index in [1.165, 1.54) is 25.3 Å². The number of benzene rings is 1. The van der Waals surface area contributed by atoms with Crippen molar-refractivity contribution in [3.05, 3.63) is 17.7 Å². The van der Waals surface area contributed by atoms with Crippen LogP contribution in [-0.4, -0.2) is 15.0 Å². The molecule has 1 fully saturated rings. The summed E-state index contributed by atoms with van der Waals surface area (Å²) in [5, 5.41) is 8.56. The number of hydrogen-bond donors (Lipinski definition) is 3. The van der Waals surface area contributed by atoms with E-state index in [9.17, 15) is 8.42 Å². The summed E-state index contributed by atoms with van der Waals surface area (Å²) in [4.78, 5) is 0.0967. The molecule has 2 atom stereocenters. The number of primary sulfonamides is 1. The van der Waals surface area contributed by atoms with Crippen LogP contribution < -0.4 is 16.2 Å². The number of nitrogens with one attached hydrogen (secondary N) is 1. The molecule has 5 nitrogen and oxygen atoms in total. The molecule has 5 N–H and O–H groups in total. The van der Waals surface area contributed by atoms with E-state index < -0.39 is 10.0 Å². The van der Waals surface area contributed by atoms with E-state index in [-0.39, 0.29) is 4.90 Å². The fourth-order valence-corrected chi connectivity index (χ4v) is 3.79. The molecule has 20 heavy (non-hydrogen) atoms. The molecule has 0 aromatic heterocycles. The van der Waals surface area contributed by atoms with Crippen molar-refractivity contribution >= 4 is 21.4 Å². The SMILES string of the molecule is Cc1c(NCC2CCCC2C)cc(N)cc1S(N)(=O)=O. The fourth-order valence-electron chi connectivity index (χ4n) is 2.95. The number of sulfonamides is 1. The van der Waals surface area contributed by atoms with Gasteiger partial charge in [-0.3, -0.25) is 0 Å². The Morgan fingerprint density at radius 2 is 2.05 bits per heavy atom. The van der Waals surface area contributed by atoms with E-state index in [0.29, 0.717) is 23.1 Å². The van der Waals surface area contributed by atoms with Gasteiger partial charge in [-0.2, -0.15) is 0 Å². The summed E-state index contributed by atoms with van der Waals surface area (Å²) in [6, 6.07) is 3.18. The Morgan fingerprint density at radius 1 is 1.35 bits per heavy atom. The second-order valence-corrected chi connectivity index (χ2v) is 7.32. The number of nitrogen functional groups attached to an aromatic ring is 1. The number of hydrogen-bond acceptors (Lipinski definition) is 4. The molecule has 0 amide bonds. The van der Waals surface area contributed by atoms with Crippen LogP contribution >= 0.6 is 0 Å². The maximum absolute atomic E-state index is 11.6. The Morgan fingerprint density at radius 3 is 2.60 bits per heavy atom. The zero-order chi connectivity index (χ0) is 14.9. The van der Waals surface area contributed by atoms with E-state index in [0.717, 1.165) is 12.2 Å². The van der Waals surface area contributed by atoms with Gasteiger partial charge < -0.3 is 11.1 Å². The van der Waals surface area contributed by atoms with E-state index in [4.69, 9.17) is 10.9 Å². The second-order valence-electron chi connectivity index (χ2n) is 5.79. The van der Waals surface area contributed by atoms with Gasteiger partial charge in [-0.05, 0) is 42.9 Å². The minimum absolute atomic E-state index is 0.0967. The lowest BCUT2D eigenvalue weighted by atomic mass is 9.98. The average Bonchev–Trinajstić information content (AvgIpc) is 2.74. The summed E-state index contributed by atoms with van der Waals surface area (Å²) in [7, 11) is -3.75. The van der Waals surface area contributed by atoms with E-state index in [1.54, 1.807) is 13.0 Å². The first-order valence-electron chi connectivity index (χ1n) is 6.96. The molecule has 1 aromatic rings. The molecule has 1 aliphatic carbocycles. The van der Waals surface area contributed by atoms with Gasteiger partial charge in [-0.1, -0.05) is 19.8 Å². The van der Waals surface area contributed by atoms with Crippen LogP contribution in [-0.2, 0) is 10.0 Å². The second kappa shape index (κ2) is 5.61. The van der Waals surface area contributed by atoms with Crippen molar-refractivity contribution in [3.63, 3.8) is 0 Å². The summed E-state index contributed by atoms with van der Waals surface area (Å²) in [6.07, 6.45) is 3.76. The van der Waals surface area contributed by atoms with Crippen molar-refractivity contribution in [3.8, 4) is 0 Å². The molecule has 0 aliphatic heterocycles. The van der Waals surface area contributed by atoms with E-state index >= 15 is 0 Å². The van der Waals surface area contributed by atoms with Crippen molar-refractivity contribution in [1.29, 1.82) is 0 Å². The quantitative estimate of drug-likeness (QED) is 0.741. The number of rotatable bonds is 4. The Bertz CT molecular complexity index is 599. The third-order valence-corrected chi connectivity index (χ3v) is 5.32. The van der Waals surface area contributed by atoms with E-state index in [1.807, 2.05) is 0 Å². The molecule has 0 heterocycles. The minimum Gasteiger partial charge on any atom is -0.399 e. The van der Waals surface area contributed by atoms with Crippen molar-refractivity contribution in [2.75, 3.05) is 17.6 Å². The van der Waals surface area contributed by atoms with Crippen LogP contribution in [0.3, 0.4) is 0 Å². The van der Waals surface area contributed by atoms with Crippen LogP contribution in [0.4, 0.5) is 11.4 Å². The third-order valence-electron chi connectivity index (χ3n) is 4.28. The molecule has 1 aliphatic rings. The van der Waals surface area contributed by atoms with Gasteiger partial charge in [0.15, 0.2) is 0 Å². The highest BCUT2D eigenvalue weighted by Gasteiger charge is 2.23. The zero-order valence-electron chi connectivity index (χ0n) is 12.0. The Labute approximate surface area is 120 Å². The molecule has 2 unspecified atom stereocenters. The topological polar surface area (TPSA) is 98.2 Å². The van der Waals surface area contributed by atoms with Crippen LogP contribution in [0.15, 0.2) is 17.0 Å². The van der Waals surface area contributed by atoms with E-state index in [2.05, 4.69) is 12.2 Å². The first kappa shape index (κ1) is 15.1. The van der Waals surface area contributed by atoms with Gasteiger partial charge in [0.2, 0.25) is 10.0 Å². The molecule has 2 rings (SSSR count). The molecular formula is C14H23N3O2S. The van der Waals surface area contributed by atoms with Gasteiger partial charge in [0.1, 0.15) is 0 Å². The standard InChI is InChI=1S/C14H23N3O2S/c1-9-4-3-5-11(9)8-17-13-6-12(15)7-14(10(13)2)20(16,18)19/h6-7,9,11,17H,3-5,8,15H2,1-2H3,(H2,16,18,19). The number of nitrogens with two attached hydrogens (primary N) is 2. The summed E-state index contributed by atoms with van der Waals surface area (Å²) in [5.74, 6) is 1.34. The summed E-state index contributed by atoms with van der Waals surface area (Å²) in [6.45, 7) is 4.86. The molecule has 0 spiro atoms. The Kier molecular flexibility index (Phi) is 4.25. The first-order valence-corrected chi connectivity index (χ1v) is 8.50. The lowest BCUT2D eigenvalue weighted by molar-refractivity contribution is 0.439. The molecule has 0 radical (unpaired) electrons. The molecule has 6 heteroatoms. The lowest BCUT2D eigenvalue weighted by Crippen LogP contribution is -2.19. The molecular weight excluding hydrogens is 274 g/mol. The molecule has 112 valence electrons. The number of anilines is 2. The van der Waals surface area contributed by atoms with Gasteiger partial charge in [0.25, 0.3) is 0 Å². The maximum Gasteiger partial charge on any atom is 0.238 e. The highest BCUT2D eigenvalue weighted by molar-refractivity contribution is 7.89. The maximum atomic E-state index is 11.6. The van der Waals surface area contributed by atoms with Crippen molar-refractivity contribution < 1.29 is 8.42 Å². The predicted molar refractivity (Wildman–Crippen MR) is 82.0 cm³/mol. The molecule has 0 saturated heterocycles. The zero-order valence-corrected chi connectivity index (χ0v) is 12.8. The predicted octanol–water partition coefficient (Wildman–Crippen LogP) is 2.07. The van der Waals surface area contributed by atoms with Gasteiger partial charge in [-0.25, -0.2) is 13.6 Å². The average molecular weight is 297 g/mol. The largest absolute Gasteiger partial charge is 0.399 e. The van der Waals surface area contributed by atoms with Gasteiger partial charge in [-0.15, -0.1) is 0 Å². The van der Waals surface area contributed by atoms with Crippen LogP contribution in [0.2, 0.25) is 0 Å². The van der Waals surface area contributed by atoms with Gasteiger partial charge in [0.05, 0.1) is 4.90 Å². The van der Waals surface area contributed by atoms with Crippen LogP contribution in [0.5, 0.6) is 0 Å². The summed E-state index contributed by atoms with van der Waals surface area (Å²) in [5.41, 5.74) is 7.57. The van der Waals surface area contributed by atoms with Crippen LogP contribution in [0.25, 0.3) is 0 Å². The highest BCUT2D eigenvalue weighted by Crippen LogP contribution is 2.32. The normalized spacial score (nSPS) is 22.9. The Balaban J connectivity index is 2.21. The fraction of sp³-hybridized carbons (Fsp3) is 0.571. The van der Waals surface area contributed by atoms with Crippen molar-refractivity contribution in [1.82, 2.24) is 0 Å².